The van der Waals surface area contributed by atoms with Gasteiger partial charge in [0.2, 0.25) is 0 Å². The summed E-state index contributed by atoms with van der Waals surface area (Å²) in [7, 11) is 0. The summed E-state index contributed by atoms with van der Waals surface area (Å²) in [5, 5.41) is 0. The maximum Gasteiger partial charge on any atom is 0.252 e. The van der Waals surface area contributed by atoms with Crippen LogP contribution in [-0.4, -0.2) is 6.71 Å². The van der Waals surface area contributed by atoms with Crippen LogP contribution in [0.5, 0.6) is 0 Å². The van der Waals surface area contributed by atoms with Crippen LogP contribution in [0.1, 0.15) is 90.5 Å². The monoisotopic (exact) mass is 612 g/mol. The Morgan fingerprint density at radius 2 is 0.787 bits per heavy atom. The Balaban J connectivity index is 1.42. The van der Waals surface area contributed by atoms with E-state index in [1.54, 1.807) is 0 Å². The minimum absolute atomic E-state index is 0.114. The van der Waals surface area contributed by atoms with Gasteiger partial charge in [0.1, 0.15) is 0 Å². The molecule has 0 N–H and O–H groups in total. The fraction of sp³-hybridized carbons (Fsp3) is 0.318. The van der Waals surface area contributed by atoms with Crippen LogP contribution in [0.4, 0.5) is 34.1 Å². The van der Waals surface area contributed by atoms with Gasteiger partial charge in [0.15, 0.2) is 0 Å². The van der Waals surface area contributed by atoms with Gasteiger partial charge in [-0.25, -0.2) is 0 Å². The highest BCUT2D eigenvalue weighted by Gasteiger charge is 2.50. The van der Waals surface area contributed by atoms with Crippen LogP contribution in [0.2, 0.25) is 0 Å². The molecule has 2 aliphatic carbocycles. The van der Waals surface area contributed by atoms with Gasteiger partial charge in [0.25, 0.3) is 6.71 Å². The Morgan fingerprint density at radius 1 is 0.426 bits per heavy atom. The second-order valence-electron chi connectivity index (χ2n) is 17.3. The lowest BCUT2D eigenvalue weighted by Gasteiger charge is -2.45. The van der Waals surface area contributed by atoms with Gasteiger partial charge in [0.05, 0.1) is 0 Å². The Bertz CT molecular complexity index is 1960. The molecular formula is C44H45BN2. The zero-order valence-electron chi connectivity index (χ0n) is 29.2. The van der Waals surface area contributed by atoms with Crippen molar-refractivity contribution in [2.24, 2.45) is 0 Å². The van der Waals surface area contributed by atoms with E-state index in [0.29, 0.717) is 0 Å². The molecule has 0 unspecified atom stereocenters. The Hall–Kier alpha value is -4.24. The van der Waals surface area contributed by atoms with E-state index in [1.165, 1.54) is 72.8 Å². The van der Waals surface area contributed by atoms with E-state index >= 15 is 0 Å². The fourth-order valence-corrected chi connectivity index (χ4v) is 10.6. The maximum absolute atomic E-state index is 2.63. The first-order valence-corrected chi connectivity index (χ1v) is 17.5. The van der Waals surface area contributed by atoms with Gasteiger partial charge < -0.3 is 9.80 Å². The molecule has 0 saturated heterocycles. The molecule has 4 aliphatic rings. The van der Waals surface area contributed by atoms with Crippen molar-refractivity contribution in [3.05, 3.63) is 125 Å². The molecule has 234 valence electrons. The molecule has 0 saturated carbocycles. The first kappa shape index (κ1) is 28.9. The largest absolute Gasteiger partial charge is 0.311 e. The van der Waals surface area contributed by atoms with E-state index < -0.39 is 0 Å². The summed E-state index contributed by atoms with van der Waals surface area (Å²) in [6, 6.07) is 39.5. The zero-order valence-corrected chi connectivity index (χ0v) is 29.2. The van der Waals surface area contributed by atoms with Gasteiger partial charge in [-0.05, 0) is 122 Å². The summed E-state index contributed by atoms with van der Waals surface area (Å²) in [6.07, 6.45) is 2.31. The van der Waals surface area contributed by atoms with E-state index in [-0.39, 0.29) is 28.4 Å². The van der Waals surface area contributed by atoms with Crippen molar-refractivity contribution < 1.29 is 0 Å². The smallest absolute Gasteiger partial charge is 0.252 e. The van der Waals surface area contributed by atoms with Gasteiger partial charge in [-0.15, -0.1) is 0 Å². The molecule has 9 rings (SSSR count). The summed E-state index contributed by atoms with van der Waals surface area (Å²) in [4.78, 5) is 5.11. The van der Waals surface area contributed by atoms with Gasteiger partial charge >= 0.3 is 0 Å². The standard InChI is InChI=1S/C44H45BN2/c1-41(2)26-43(5,6)32-24-38-34(22-30(32)41)45-35-23-31-33(44(7,8)27-42(31,3)4)25-39(35)47(29-18-13-10-14-19-29)37-21-15-20-36(40(37)45)46(38)28-16-11-9-12-17-28/h9-25H,26-27H2,1-8H3. The van der Waals surface area contributed by atoms with Gasteiger partial charge in [0, 0.05) is 34.1 Å². The lowest BCUT2D eigenvalue weighted by Crippen LogP contribution is -2.61. The maximum atomic E-state index is 2.63. The van der Waals surface area contributed by atoms with Gasteiger partial charge in [-0.2, -0.15) is 0 Å². The molecule has 5 aromatic rings. The first-order valence-electron chi connectivity index (χ1n) is 17.5. The van der Waals surface area contributed by atoms with Crippen LogP contribution < -0.4 is 26.2 Å². The number of para-hydroxylation sites is 2. The molecule has 2 nitrogen and oxygen atoms in total. The summed E-state index contributed by atoms with van der Waals surface area (Å²) >= 11 is 0. The van der Waals surface area contributed by atoms with Gasteiger partial charge in [-0.1, -0.05) is 110 Å². The van der Waals surface area contributed by atoms with Gasteiger partial charge in [-0.3, -0.25) is 0 Å². The molecule has 0 spiro atoms. The van der Waals surface area contributed by atoms with E-state index in [9.17, 15) is 0 Å². The molecule has 0 radical (unpaired) electrons. The molecule has 0 amide bonds. The normalized spacial score (nSPS) is 19.9. The molecule has 5 aromatic carbocycles. The van der Waals surface area contributed by atoms with Crippen LogP contribution in [0.3, 0.4) is 0 Å². The predicted molar refractivity (Wildman–Crippen MR) is 202 cm³/mol. The number of hydrogen-bond donors (Lipinski definition) is 0. The average molecular weight is 613 g/mol. The molecule has 3 heteroatoms. The Kier molecular flexibility index (Phi) is 5.68. The summed E-state index contributed by atoms with van der Waals surface area (Å²) < 4.78 is 0. The first-order chi connectivity index (χ1) is 22.3. The van der Waals surface area contributed by atoms with E-state index in [2.05, 4.69) is 168 Å². The van der Waals surface area contributed by atoms with Crippen LogP contribution in [-0.2, 0) is 21.7 Å². The van der Waals surface area contributed by atoms with E-state index in [0.717, 1.165) is 12.8 Å². The third-order valence-electron chi connectivity index (χ3n) is 12.0. The second kappa shape index (κ2) is 9.22. The van der Waals surface area contributed by atoms with Crippen molar-refractivity contribution in [1.82, 2.24) is 0 Å². The predicted octanol–water partition coefficient (Wildman–Crippen LogP) is 9.69. The molecular weight excluding hydrogens is 567 g/mol. The quantitative estimate of drug-likeness (QED) is 0.179. The topological polar surface area (TPSA) is 6.48 Å². The van der Waals surface area contributed by atoms with Crippen LogP contribution in [0.15, 0.2) is 103 Å². The summed E-state index contributed by atoms with van der Waals surface area (Å²) in [5.41, 5.74) is 18.4. The Labute approximate surface area is 281 Å². The molecule has 0 fully saturated rings. The highest BCUT2D eigenvalue weighted by Crippen LogP contribution is 2.54. The van der Waals surface area contributed by atoms with Crippen LogP contribution >= 0.6 is 0 Å². The fourth-order valence-electron chi connectivity index (χ4n) is 10.6. The SMILES string of the molecule is CC1(C)CC(C)(C)c2cc3c(cc21)B1c2cc4c(cc2N(c2ccccc2)c2cccc(c21)N3c1ccccc1)C(C)(C)CC4(C)C. The van der Waals surface area contributed by atoms with E-state index in [1.807, 2.05) is 0 Å². The van der Waals surface area contributed by atoms with Crippen molar-refractivity contribution in [3.8, 4) is 0 Å². The number of fused-ring (bicyclic) bond motifs is 6. The van der Waals surface area contributed by atoms with Crippen molar-refractivity contribution in [1.29, 1.82) is 0 Å². The average Bonchev–Trinajstić information content (AvgIpc) is 3.33. The number of benzene rings is 5. The van der Waals surface area contributed by atoms with Crippen LogP contribution in [0.25, 0.3) is 0 Å². The molecule has 0 bridgehead atoms. The molecule has 0 atom stereocenters. The Morgan fingerprint density at radius 3 is 1.17 bits per heavy atom. The number of nitrogens with zero attached hydrogens (tertiary/aromatic N) is 2. The summed E-state index contributed by atoms with van der Waals surface area (Å²) in [5.74, 6) is 0. The molecule has 2 aliphatic heterocycles. The van der Waals surface area contributed by atoms with Crippen molar-refractivity contribution in [3.63, 3.8) is 0 Å². The second-order valence-corrected chi connectivity index (χ2v) is 17.3. The van der Waals surface area contributed by atoms with Crippen molar-refractivity contribution >= 4 is 57.2 Å². The van der Waals surface area contributed by atoms with Crippen molar-refractivity contribution in [2.45, 2.75) is 89.9 Å². The zero-order chi connectivity index (χ0) is 32.7. The highest BCUT2D eigenvalue weighted by molar-refractivity contribution is 7.00. The highest BCUT2D eigenvalue weighted by atomic mass is 15.2. The third-order valence-corrected chi connectivity index (χ3v) is 12.0. The summed E-state index contributed by atoms with van der Waals surface area (Å²) in [6.45, 7) is 19.7. The number of rotatable bonds is 2. The van der Waals surface area contributed by atoms with E-state index in [4.69, 9.17) is 0 Å². The lowest BCUT2D eigenvalue weighted by atomic mass is 9.33. The number of anilines is 6. The molecule has 2 heterocycles. The van der Waals surface area contributed by atoms with Crippen molar-refractivity contribution in [2.75, 3.05) is 9.80 Å². The minimum atomic E-state index is 0.114. The molecule has 0 aromatic heterocycles. The third kappa shape index (κ3) is 3.92. The lowest BCUT2D eigenvalue weighted by molar-refractivity contribution is 0.403. The number of hydrogen-bond acceptors (Lipinski definition) is 2. The minimum Gasteiger partial charge on any atom is -0.311 e. The molecule has 47 heavy (non-hydrogen) atoms. The van der Waals surface area contributed by atoms with Crippen LogP contribution in [0, 0.1) is 0 Å².